The minimum atomic E-state index is 0.618. The Morgan fingerprint density at radius 2 is 2.08 bits per heavy atom. The molecule has 5 nitrogen and oxygen atoms in total. The minimum Gasteiger partial charge on any atom is -0.491 e. The van der Waals surface area contributed by atoms with Gasteiger partial charge in [0, 0.05) is 47.4 Å². The van der Waals surface area contributed by atoms with E-state index in [1.165, 1.54) is 12.4 Å². The van der Waals surface area contributed by atoms with Crippen molar-refractivity contribution in [3.05, 3.63) is 72.1 Å². The minimum absolute atomic E-state index is 0.618. The lowest BCUT2D eigenvalue weighted by Crippen LogP contribution is -2.25. The summed E-state index contributed by atoms with van der Waals surface area (Å²) < 4.78 is 5.95. The van der Waals surface area contributed by atoms with Gasteiger partial charge >= 0.3 is 0 Å². The van der Waals surface area contributed by atoms with Crippen LogP contribution >= 0.6 is 0 Å². The maximum absolute atomic E-state index is 7.52. The normalized spacial score (nSPS) is 14.5. The molecule has 0 amide bonds. The van der Waals surface area contributed by atoms with Crippen molar-refractivity contribution in [2.24, 2.45) is 5.73 Å². The number of nitrogens with one attached hydrogen (secondary N) is 1. The van der Waals surface area contributed by atoms with Crippen LogP contribution in [0, 0.1) is 5.41 Å². The summed E-state index contributed by atoms with van der Waals surface area (Å²) in [7, 11) is 0. The van der Waals surface area contributed by atoms with Gasteiger partial charge in [-0.25, -0.2) is 0 Å². The molecule has 0 bridgehead atoms. The van der Waals surface area contributed by atoms with Gasteiger partial charge in [-0.1, -0.05) is 24.3 Å². The van der Waals surface area contributed by atoms with Crippen molar-refractivity contribution in [3.63, 3.8) is 0 Å². The molecular formula is C21H20N4O. The quantitative estimate of drug-likeness (QED) is 0.712. The average molecular weight is 344 g/mol. The van der Waals surface area contributed by atoms with Gasteiger partial charge in [0.05, 0.1) is 12.1 Å². The second-order valence-electron chi connectivity index (χ2n) is 6.21. The fraction of sp³-hybridized carbons (Fsp3) is 0.143. The average Bonchev–Trinajstić information content (AvgIpc) is 2.90. The van der Waals surface area contributed by atoms with Crippen molar-refractivity contribution in [3.8, 4) is 5.75 Å². The molecule has 2 heterocycles. The van der Waals surface area contributed by atoms with Gasteiger partial charge < -0.3 is 20.8 Å². The maximum atomic E-state index is 7.52. The summed E-state index contributed by atoms with van der Waals surface area (Å²) in [4.78, 5) is 6.78. The Bertz CT molecular complexity index is 991. The first-order valence-electron chi connectivity index (χ1n) is 8.57. The predicted octanol–water partition coefficient (Wildman–Crippen LogP) is 3.58. The number of nitrogens with zero attached hydrogens (tertiary/aromatic N) is 2. The first kappa shape index (κ1) is 16.1. The van der Waals surface area contributed by atoms with Crippen molar-refractivity contribution in [2.75, 3.05) is 18.1 Å². The molecule has 1 aromatic heterocycles. The highest BCUT2D eigenvalue weighted by atomic mass is 16.5. The molecule has 1 aliphatic heterocycles. The first-order valence-corrected chi connectivity index (χ1v) is 8.57. The Morgan fingerprint density at radius 3 is 2.92 bits per heavy atom. The summed E-state index contributed by atoms with van der Waals surface area (Å²) >= 11 is 0. The molecule has 130 valence electrons. The third kappa shape index (κ3) is 2.88. The zero-order valence-corrected chi connectivity index (χ0v) is 14.4. The van der Waals surface area contributed by atoms with Gasteiger partial charge in [0.25, 0.3) is 0 Å². The van der Waals surface area contributed by atoms with Crippen LogP contribution in [0.3, 0.4) is 0 Å². The van der Waals surface area contributed by atoms with Crippen LogP contribution < -0.4 is 15.4 Å². The molecule has 0 radical (unpaired) electrons. The van der Waals surface area contributed by atoms with Crippen LogP contribution in [0.4, 0.5) is 5.69 Å². The van der Waals surface area contributed by atoms with E-state index in [1.807, 2.05) is 36.5 Å². The van der Waals surface area contributed by atoms with Crippen molar-refractivity contribution in [1.29, 1.82) is 5.41 Å². The van der Waals surface area contributed by atoms with E-state index in [9.17, 15) is 0 Å². The Hall–Kier alpha value is -3.34. The summed E-state index contributed by atoms with van der Waals surface area (Å²) in [5, 5.41) is 8.66. The number of aromatic nitrogens is 1. The van der Waals surface area contributed by atoms with Crippen molar-refractivity contribution < 1.29 is 4.74 Å². The first-order chi connectivity index (χ1) is 12.8. The lowest BCUT2D eigenvalue weighted by Gasteiger charge is -2.23. The van der Waals surface area contributed by atoms with E-state index in [-0.39, 0.29) is 0 Å². The summed E-state index contributed by atoms with van der Waals surface area (Å²) in [6.07, 6.45) is 4.58. The fourth-order valence-corrected chi connectivity index (χ4v) is 3.36. The highest BCUT2D eigenvalue weighted by Gasteiger charge is 2.18. The number of anilines is 1. The third-order valence-corrected chi connectivity index (χ3v) is 4.68. The van der Waals surface area contributed by atoms with Gasteiger partial charge in [-0.15, -0.1) is 0 Å². The van der Waals surface area contributed by atoms with Crippen molar-refractivity contribution in [1.82, 2.24) is 4.98 Å². The van der Waals surface area contributed by atoms with E-state index in [0.717, 1.165) is 46.6 Å². The zero-order valence-electron chi connectivity index (χ0n) is 14.4. The highest BCUT2D eigenvalue weighted by molar-refractivity contribution is 6.08. The smallest absolute Gasteiger partial charge is 0.124 e. The van der Waals surface area contributed by atoms with Crippen LogP contribution in [0.5, 0.6) is 5.75 Å². The SMILES string of the molecule is N=C/C(=C\N)c1ccc2c(c1)CN(c1ccnc3ccccc13)CCO2. The molecule has 26 heavy (non-hydrogen) atoms. The number of rotatable bonds is 3. The van der Waals surface area contributed by atoms with Crippen molar-refractivity contribution in [2.45, 2.75) is 6.54 Å². The van der Waals surface area contributed by atoms with Gasteiger partial charge in [0.2, 0.25) is 0 Å². The highest BCUT2D eigenvalue weighted by Crippen LogP contribution is 2.31. The monoisotopic (exact) mass is 344 g/mol. The number of hydrogen-bond acceptors (Lipinski definition) is 5. The number of benzene rings is 2. The molecule has 0 unspecified atom stereocenters. The maximum Gasteiger partial charge on any atom is 0.124 e. The number of fused-ring (bicyclic) bond motifs is 2. The number of para-hydroxylation sites is 1. The van der Waals surface area contributed by atoms with Crippen LogP contribution in [-0.4, -0.2) is 24.4 Å². The largest absolute Gasteiger partial charge is 0.491 e. The van der Waals surface area contributed by atoms with E-state index in [1.54, 1.807) is 0 Å². The van der Waals surface area contributed by atoms with E-state index < -0.39 is 0 Å². The summed E-state index contributed by atoms with van der Waals surface area (Å²) in [6.45, 7) is 2.14. The van der Waals surface area contributed by atoms with Crippen LogP contribution in [0.2, 0.25) is 0 Å². The van der Waals surface area contributed by atoms with E-state index >= 15 is 0 Å². The molecule has 3 N–H and O–H groups in total. The Balaban J connectivity index is 1.75. The fourth-order valence-electron chi connectivity index (χ4n) is 3.36. The van der Waals surface area contributed by atoms with E-state index in [4.69, 9.17) is 15.9 Å². The molecule has 1 aliphatic rings. The molecule has 0 saturated carbocycles. The number of nitrogens with two attached hydrogens (primary N) is 1. The van der Waals surface area contributed by atoms with Crippen molar-refractivity contribution >= 4 is 28.4 Å². The van der Waals surface area contributed by atoms with Gasteiger partial charge in [-0.3, -0.25) is 4.98 Å². The summed E-state index contributed by atoms with van der Waals surface area (Å²) in [5.74, 6) is 0.885. The number of pyridine rings is 1. The summed E-state index contributed by atoms with van der Waals surface area (Å²) in [5.41, 5.74) is 10.5. The molecule has 0 aliphatic carbocycles. The van der Waals surface area contributed by atoms with Crippen LogP contribution in [-0.2, 0) is 6.54 Å². The Labute approximate surface area is 152 Å². The molecule has 3 aromatic rings. The van der Waals surface area contributed by atoms with Crippen LogP contribution in [0.15, 0.2) is 60.9 Å². The van der Waals surface area contributed by atoms with Gasteiger partial charge in [-0.05, 0) is 29.8 Å². The topological polar surface area (TPSA) is 75.2 Å². The standard InChI is InChI=1S/C21H20N4O/c22-12-17(13-23)15-5-6-21-16(11-15)14-25(9-10-26-21)20-7-8-24-19-4-2-1-3-18(19)20/h1-8,11-13,22H,9-10,14,23H2/b17-13+,22-12?. The van der Waals surface area contributed by atoms with Gasteiger partial charge in [-0.2, -0.15) is 0 Å². The zero-order chi connectivity index (χ0) is 17.9. The number of ether oxygens (including phenoxy) is 1. The second kappa shape index (κ2) is 6.88. The number of hydrogen-bond donors (Lipinski definition) is 2. The van der Waals surface area contributed by atoms with E-state index in [2.05, 4.69) is 28.1 Å². The summed E-state index contributed by atoms with van der Waals surface area (Å²) in [6, 6.07) is 16.2. The Kier molecular flexibility index (Phi) is 4.27. The molecular weight excluding hydrogens is 324 g/mol. The molecule has 4 rings (SSSR count). The van der Waals surface area contributed by atoms with Gasteiger partial charge in [0.15, 0.2) is 0 Å². The number of allylic oxidation sites excluding steroid dienone is 1. The molecule has 5 heteroatoms. The molecule has 0 atom stereocenters. The molecule has 2 aromatic carbocycles. The predicted molar refractivity (Wildman–Crippen MR) is 106 cm³/mol. The second-order valence-corrected chi connectivity index (χ2v) is 6.21. The lowest BCUT2D eigenvalue weighted by molar-refractivity contribution is 0.332. The Morgan fingerprint density at radius 1 is 1.19 bits per heavy atom. The molecule has 0 spiro atoms. The van der Waals surface area contributed by atoms with Gasteiger partial charge in [0.1, 0.15) is 12.4 Å². The molecule has 0 saturated heterocycles. The van der Waals surface area contributed by atoms with Crippen LogP contribution in [0.25, 0.3) is 16.5 Å². The molecule has 0 fully saturated rings. The van der Waals surface area contributed by atoms with Crippen LogP contribution in [0.1, 0.15) is 11.1 Å². The van der Waals surface area contributed by atoms with E-state index in [0.29, 0.717) is 12.2 Å². The third-order valence-electron chi connectivity index (χ3n) is 4.68. The lowest BCUT2D eigenvalue weighted by atomic mass is 10.0.